The van der Waals surface area contributed by atoms with Crippen molar-refractivity contribution in [1.82, 2.24) is 29.1 Å². The van der Waals surface area contributed by atoms with Crippen LogP contribution >= 0.6 is 0 Å². The molecule has 3 aromatic rings. The molecule has 40 heavy (non-hydrogen) atoms. The molecule has 208 valence electrons. The first kappa shape index (κ1) is 24.6. The Morgan fingerprint density at radius 1 is 0.975 bits per heavy atom. The topological polar surface area (TPSA) is 43.2 Å². The molecule has 2 atom stereocenters. The zero-order valence-corrected chi connectivity index (χ0v) is 23.8. The summed E-state index contributed by atoms with van der Waals surface area (Å²) in [7, 11) is 2.30. The number of likely N-dealkylation sites (N-methyl/N-ethyl adjacent to an activating group) is 1. The number of piperazine rings is 1. The van der Waals surface area contributed by atoms with Crippen molar-refractivity contribution in [3.05, 3.63) is 72.1 Å². The van der Waals surface area contributed by atoms with E-state index in [1.807, 2.05) is 6.20 Å². The summed E-state index contributed by atoms with van der Waals surface area (Å²) < 4.78 is 2.20. The molecule has 5 aliphatic rings. The molecule has 0 aromatic carbocycles. The maximum absolute atomic E-state index is 4.95. The average Bonchev–Trinajstić information content (AvgIpc) is 3.42. The molecule has 7 heteroatoms. The van der Waals surface area contributed by atoms with E-state index in [-0.39, 0.29) is 0 Å². The highest BCUT2D eigenvalue weighted by molar-refractivity contribution is 5.83. The predicted octanol–water partition coefficient (Wildman–Crippen LogP) is 5.24. The van der Waals surface area contributed by atoms with Gasteiger partial charge in [0.2, 0.25) is 0 Å². The van der Waals surface area contributed by atoms with Crippen molar-refractivity contribution in [2.75, 3.05) is 38.1 Å². The zero-order chi connectivity index (χ0) is 26.8. The molecule has 1 aliphatic carbocycles. The Morgan fingerprint density at radius 3 is 2.58 bits per heavy atom. The molecule has 0 amide bonds. The normalized spacial score (nSPS) is 26.1. The van der Waals surface area contributed by atoms with Gasteiger partial charge in [0.05, 0.1) is 24.1 Å². The van der Waals surface area contributed by atoms with E-state index in [4.69, 9.17) is 4.98 Å². The van der Waals surface area contributed by atoms with E-state index >= 15 is 0 Å². The first-order valence-electron chi connectivity index (χ1n) is 15.3. The number of fused-ring (bicyclic) bond motifs is 4. The van der Waals surface area contributed by atoms with Crippen LogP contribution in [0.25, 0.3) is 17.4 Å². The molecule has 7 nitrogen and oxygen atoms in total. The number of anilines is 1. The van der Waals surface area contributed by atoms with Crippen LogP contribution in [0.1, 0.15) is 67.3 Å². The average molecular weight is 536 g/mol. The molecule has 1 saturated carbocycles. The molecule has 0 radical (unpaired) electrons. The summed E-state index contributed by atoms with van der Waals surface area (Å²) >= 11 is 0. The van der Waals surface area contributed by atoms with Crippen LogP contribution in [0.5, 0.6) is 0 Å². The van der Waals surface area contributed by atoms with Gasteiger partial charge in [-0.2, -0.15) is 0 Å². The molecule has 2 bridgehead atoms. The van der Waals surface area contributed by atoms with Gasteiger partial charge < -0.3 is 14.2 Å². The smallest absolute Gasteiger partial charge is 0.137 e. The van der Waals surface area contributed by atoms with E-state index < -0.39 is 0 Å². The fourth-order valence-corrected chi connectivity index (χ4v) is 8.25. The van der Waals surface area contributed by atoms with Crippen molar-refractivity contribution >= 4 is 23.1 Å². The summed E-state index contributed by atoms with van der Waals surface area (Å²) in [6, 6.07) is 5.87. The van der Waals surface area contributed by atoms with Crippen molar-refractivity contribution in [1.29, 1.82) is 0 Å². The molecule has 4 aliphatic heterocycles. The summed E-state index contributed by atoms with van der Waals surface area (Å²) in [5.74, 6) is 0. The van der Waals surface area contributed by atoms with Gasteiger partial charge in [-0.25, -0.2) is 4.98 Å². The van der Waals surface area contributed by atoms with Crippen molar-refractivity contribution in [2.45, 2.75) is 70.1 Å². The molecular formula is C33H41N7. The van der Waals surface area contributed by atoms with Gasteiger partial charge in [0.1, 0.15) is 5.65 Å². The summed E-state index contributed by atoms with van der Waals surface area (Å²) in [5, 5.41) is 0. The van der Waals surface area contributed by atoms with Crippen LogP contribution in [0, 0.1) is 5.41 Å². The summed E-state index contributed by atoms with van der Waals surface area (Å²) in [6.45, 7) is 10.9. The largest absolute Gasteiger partial charge is 0.369 e. The Morgan fingerprint density at radius 2 is 1.77 bits per heavy atom. The molecule has 1 spiro atoms. The number of aromatic nitrogens is 3. The van der Waals surface area contributed by atoms with Gasteiger partial charge in [-0.1, -0.05) is 31.9 Å². The van der Waals surface area contributed by atoms with Crippen LogP contribution in [-0.4, -0.2) is 74.4 Å². The first-order valence-corrected chi connectivity index (χ1v) is 15.3. The predicted molar refractivity (Wildman–Crippen MR) is 161 cm³/mol. The van der Waals surface area contributed by atoms with E-state index in [1.54, 1.807) is 0 Å². The highest BCUT2D eigenvalue weighted by atomic mass is 15.3. The monoisotopic (exact) mass is 535 g/mol. The Balaban J connectivity index is 0.959. The van der Waals surface area contributed by atoms with Crippen molar-refractivity contribution < 1.29 is 0 Å². The minimum atomic E-state index is 0.551. The highest BCUT2D eigenvalue weighted by Gasteiger charge is 2.44. The Labute approximate surface area is 237 Å². The lowest BCUT2D eigenvalue weighted by molar-refractivity contribution is 0.0837. The number of imidazole rings is 1. The zero-order valence-electron chi connectivity index (χ0n) is 23.8. The first-order chi connectivity index (χ1) is 19.5. The molecule has 3 saturated heterocycles. The van der Waals surface area contributed by atoms with E-state index in [1.165, 1.54) is 87.9 Å². The third-order valence-electron chi connectivity index (χ3n) is 10.6. The van der Waals surface area contributed by atoms with Crippen LogP contribution in [-0.2, 0) is 13.1 Å². The molecule has 4 fully saturated rings. The minimum Gasteiger partial charge on any atom is -0.369 e. The van der Waals surface area contributed by atoms with Gasteiger partial charge in [-0.3, -0.25) is 14.8 Å². The lowest BCUT2D eigenvalue weighted by Gasteiger charge is -2.54. The molecule has 7 heterocycles. The quantitative estimate of drug-likeness (QED) is 0.446. The lowest BCUT2D eigenvalue weighted by Crippen LogP contribution is -2.57. The lowest BCUT2D eigenvalue weighted by atomic mass is 9.68. The van der Waals surface area contributed by atoms with Crippen molar-refractivity contribution in [3.8, 4) is 0 Å². The Hall–Kier alpha value is -3.16. The van der Waals surface area contributed by atoms with E-state index in [0.29, 0.717) is 12.0 Å². The molecule has 8 rings (SSSR count). The standard InChI is InChI=1S/C33H41N7/c1-24-30-14-34-15-31(40-22-33(23-40)11-4-3-5-12-33)29(30)10-13-38(24)18-26-19-39-17-25(6-9-32(39)35-26)16-37-20-27-7-8-28(21-37)36(27)2/h6,9-10,13-15,17,19,27-28H,1,3-5,7-8,11-12,16,18,20-23H2,2H3. The number of hydrogen-bond donors (Lipinski definition) is 0. The van der Waals surface area contributed by atoms with Crippen molar-refractivity contribution in [2.24, 2.45) is 5.41 Å². The number of pyridine rings is 2. The van der Waals surface area contributed by atoms with Crippen LogP contribution in [0.4, 0.5) is 5.69 Å². The van der Waals surface area contributed by atoms with E-state index in [0.717, 1.165) is 41.2 Å². The second kappa shape index (κ2) is 9.45. The number of rotatable bonds is 5. The maximum Gasteiger partial charge on any atom is 0.137 e. The summed E-state index contributed by atoms with van der Waals surface area (Å²) in [5.41, 5.74) is 8.63. The number of nitrogens with zero attached hydrogens (tertiary/aromatic N) is 7. The van der Waals surface area contributed by atoms with Gasteiger partial charge in [-0.15, -0.1) is 0 Å². The van der Waals surface area contributed by atoms with Gasteiger partial charge in [0.15, 0.2) is 0 Å². The molecule has 3 aromatic heterocycles. The van der Waals surface area contributed by atoms with Gasteiger partial charge >= 0.3 is 0 Å². The highest BCUT2D eigenvalue weighted by Crippen LogP contribution is 2.47. The minimum absolute atomic E-state index is 0.551. The summed E-state index contributed by atoms with van der Waals surface area (Å²) in [6.07, 6.45) is 22.6. The third kappa shape index (κ3) is 4.17. The fourth-order valence-electron chi connectivity index (χ4n) is 8.25. The van der Waals surface area contributed by atoms with Gasteiger partial charge in [-0.05, 0) is 50.4 Å². The van der Waals surface area contributed by atoms with Gasteiger partial charge in [0, 0.05) is 91.8 Å². The molecular weight excluding hydrogens is 494 g/mol. The van der Waals surface area contributed by atoms with Crippen LogP contribution < -0.4 is 4.90 Å². The third-order valence-corrected chi connectivity index (χ3v) is 10.6. The number of hydrogen-bond acceptors (Lipinski definition) is 6. The Kier molecular flexibility index (Phi) is 5.82. The van der Waals surface area contributed by atoms with E-state index in [2.05, 4.69) is 85.6 Å². The van der Waals surface area contributed by atoms with Gasteiger partial charge in [0.25, 0.3) is 0 Å². The SMILES string of the molecule is C=C1c2cncc(N3CC4(CCCCC4)C3)c2C=CN1Cc1cn2cc(CN3CC4CCC(C3)N4C)ccc2n1. The van der Waals surface area contributed by atoms with Crippen LogP contribution in [0.15, 0.2) is 49.7 Å². The fraction of sp³-hybridized carbons (Fsp3) is 0.515. The van der Waals surface area contributed by atoms with Crippen LogP contribution in [0.3, 0.4) is 0 Å². The Bertz CT molecular complexity index is 1460. The maximum atomic E-state index is 4.95. The van der Waals surface area contributed by atoms with Crippen molar-refractivity contribution in [3.63, 3.8) is 0 Å². The van der Waals surface area contributed by atoms with Crippen LogP contribution in [0.2, 0.25) is 0 Å². The number of likely N-dealkylation sites (tertiary alicyclic amines) is 1. The second-order valence-corrected chi connectivity index (χ2v) is 13.2. The summed E-state index contributed by atoms with van der Waals surface area (Å²) in [4.78, 5) is 19.6. The molecule has 0 N–H and O–H groups in total. The second-order valence-electron chi connectivity index (χ2n) is 13.2. The van der Waals surface area contributed by atoms with E-state index in [9.17, 15) is 0 Å². The molecule has 2 unspecified atom stereocenters.